The van der Waals surface area contributed by atoms with E-state index in [1.165, 1.54) is 0 Å². The fraction of sp³-hybridized carbons (Fsp3) is 0. The van der Waals surface area contributed by atoms with Gasteiger partial charge in [-0.25, -0.2) is 0 Å². The fourth-order valence-corrected chi connectivity index (χ4v) is 6.68. The fourth-order valence-electron chi connectivity index (χ4n) is 6.68. The number of para-hydroxylation sites is 4. The molecule has 0 N–H and O–H groups in total. The van der Waals surface area contributed by atoms with E-state index in [-0.39, 0.29) is 0 Å². The average Bonchev–Trinajstić information content (AvgIpc) is 3.73. The van der Waals surface area contributed by atoms with Crippen LogP contribution >= 0.6 is 0 Å². The number of nitriles is 2. The third-order valence-electron chi connectivity index (χ3n) is 8.49. The van der Waals surface area contributed by atoms with Gasteiger partial charge in [0, 0.05) is 37.9 Å². The topological polar surface area (TPSA) is 78.8 Å². The normalized spacial score (nSPS) is 11.7. The zero-order valence-corrected chi connectivity index (χ0v) is 22.6. The second-order valence-corrected chi connectivity index (χ2v) is 10.7. The van der Waals surface area contributed by atoms with Gasteiger partial charge < -0.3 is 13.4 Å². The molecule has 0 saturated carbocycles. The molecule has 0 aliphatic heterocycles. The molecule has 0 radical (unpaired) electrons. The monoisotopic (exact) mass is 549 g/mol. The average molecular weight is 550 g/mol. The Morgan fingerprint density at radius 2 is 1.12 bits per heavy atom. The second kappa shape index (κ2) is 8.60. The van der Waals surface area contributed by atoms with Crippen molar-refractivity contribution >= 4 is 65.7 Å². The third-order valence-corrected chi connectivity index (χ3v) is 8.49. The number of hydrogen-bond acceptors (Lipinski definition) is 4. The molecule has 43 heavy (non-hydrogen) atoms. The van der Waals surface area contributed by atoms with Gasteiger partial charge in [0.2, 0.25) is 0 Å². The molecule has 0 spiro atoms. The van der Waals surface area contributed by atoms with Crippen molar-refractivity contribution in [1.82, 2.24) is 4.57 Å². The maximum absolute atomic E-state index is 10.3. The van der Waals surface area contributed by atoms with E-state index in [4.69, 9.17) is 8.83 Å². The molecule has 0 saturated heterocycles. The zero-order chi connectivity index (χ0) is 28.7. The van der Waals surface area contributed by atoms with E-state index in [0.29, 0.717) is 22.3 Å². The Bertz CT molecular complexity index is 2650. The van der Waals surface area contributed by atoms with Crippen molar-refractivity contribution in [3.05, 3.63) is 126 Å². The van der Waals surface area contributed by atoms with Crippen LogP contribution in [0.15, 0.2) is 124 Å². The highest BCUT2D eigenvalue weighted by atomic mass is 16.3. The van der Waals surface area contributed by atoms with Gasteiger partial charge in [-0.2, -0.15) is 10.5 Å². The van der Waals surface area contributed by atoms with E-state index >= 15 is 0 Å². The Morgan fingerprint density at radius 3 is 1.86 bits per heavy atom. The largest absolute Gasteiger partial charge is 0.456 e. The first-order chi connectivity index (χ1) is 21.2. The summed E-state index contributed by atoms with van der Waals surface area (Å²) in [6.45, 7) is 0. The highest BCUT2D eigenvalue weighted by Crippen LogP contribution is 2.43. The Kier molecular flexibility index (Phi) is 4.68. The number of aromatic nitrogens is 1. The van der Waals surface area contributed by atoms with Gasteiger partial charge in [-0.15, -0.1) is 0 Å². The van der Waals surface area contributed by atoms with Gasteiger partial charge in [0.1, 0.15) is 28.9 Å². The number of benzene rings is 6. The van der Waals surface area contributed by atoms with E-state index in [9.17, 15) is 10.5 Å². The summed E-state index contributed by atoms with van der Waals surface area (Å²) in [6.07, 6.45) is 0. The summed E-state index contributed by atoms with van der Waals surface area (Å²) in [5.41, 5.74) is 8.71. The van der Waals surface area contributed by atoms with Crippen molar-refractivity contribution in [1.29, 1.82) is 10.5 Å². The van der Waals surface area contributed by atoms with Gasteiger partial charge in [0.15, 0.2) is 5.58 Å². The Hall–Kier alpha value is -6.30. The van der Waals surface area contributed by atoms with Gasteiger partial charge in [-0.1, -0.05) is 66.7 Å². The summed E-state index contributed by atoms with van der Waals surface area (Å²) in [5.74, 6) is 0. The highest BCUT2D eigenvalue weighted by Gasteiger charge is 2.21. The zero-order valence-electron chi connectivity index (χ0n) is 22.6. The third kappa shape index (κ3) is 3.14. The number of hydrogen-bond donors (Lipinski definition) is 0. The van der Waals surface area contributed by atoms with Crippen LogP contribution < -0.4 is 0 Å². The molecule has 0 aliphatic rings. The standard InChI is InChI=1S/C38H19N3O2/c39-20-23-7-5-11-25(37(23)41-30-13-3-1-9-26(30)27-10-2-4-14-31(27)41)22-15-16-32-29(19-22)36-33(42-32)17-18-34-35(36)28-12-6-8-24(21-40)38(28)43-34/h1-19H. The van der Waals surface area contributed by atoms with Gasteiger partial charge >= 0.3 is 0 Å². The first-order valence-electron chi connectivity index (χ1n) is 14.0. The van der Waals surface area contributed by atoms with E-state index < -0.39 is 0 Å². The maximum atomic E-state index is 10.3. The Morgan fingerprint density at radius 1 is 0.512 bits per heavy atom. The Labute approximate surface area is 244 Å². The molecule has 3 aromatic heterocycles. The van der Waals surface area contributed by atoms with E-state index in [0.717, 1.165) is 71.3 Å². The minimum absolute atomic E-state index is 0.500. The maximum Gasteiger partial charge on any atom is 0.153 e. The molecular formula is C38H19N3O2. The molecule has 0 unspecified atom stereocenters. The van der Waals surface area contributed by atoms with Crippen molar-refractivity contribution in [3.8, 4) is 29.0 Å². The first kappa shape index (κ1) is 23.4. The van der Waals surface area contributed by atoms with Crippen molar-refractivity contribution in [2.24, 2.45) is 0 Å². The van der Waals surface area contributed by atoms with Crippen LogP contribution in [-0.4, -0.2) is 4.57 Å². The minimum Gasteiger partial charge on any atom is -0.456 e. The second-order valence-electron chi connectivity index (χ2n) is 10.7. The molecule has 9 aromatic rings. The summed E-state index contributed by atoms with van der Waals surface area (Å²) in [6, 6.07) is 42.9. The predicted octanol–water partition coefficient (Wildman–Crippen LogP) is 9.99. The molecule has 3 heterocycles. The van der Waals surface area contributed by atoms with E-state index in [1.807, 2.05) is 66.7 Å². The van der Waals surface area contributed by atoms with Crippen molar-refractivity contribution in [2.45, 2.75) is 0 Å². The van der Waals surface area contributed by atoms with Gasteiger partial charge in [0.25, 0.3) is 0 Å². The Balaban J connectivity index is 1.39. The van der Waals surface area contributed by atoms with Crippen LogP contribution in [0.3, 0.4) is 0 Å². The van der Waals surface area contributed by atoms with Crippen LogP contribution in [0.1, 0.15) is 11.1 Å². The lowest BCUT2D eigenvalue weighted by molar-refractivity contribution is 0.662. The molecule has 5 nitrogen and oxygen atoms in total. The summed E-state index contributed by atoms with van der Waals surface area (Å²) in [4.78, 5) is 0. The van der Waals surface area contributed by atoms with Gasteiger partial charge in [-0.05, 0) is 54.1 Å². The van der Waals surface area contributed by atoms with Crippen LogP contribution in [0.25, 0.3) is 82.5 Å². The quantitative estimate of drug-likeness (QED) is 0.215. The van der Waals surface area contributed by atoms with E-state index in [1.54, 1.807) is 6.07 Å². The van der Waals surface area contributed by atoms with E-state index in [2.05, 4.69) is 59.2 Å². The highest BCUT2D eigenvalue weighted by molar-refractivity contribution is 6.26. The van der Waals surface area contributed by atoms with Crippen molar-refractivity contribution in [3.63, 3.8) is 0 Å². The van der Waals surface area contributed by atoms with Crippen LogP contribution in [0.5, 0.6) is 0 Å². The SMILES string of the molecule is N#Cc1cccc(-c2ccc3oc4ccc5oc6c(C#N)cccc6c5c4c3c2)c1-n1c2ccccc2c2ccccc21. The lowest BCUT2D eigenvalue weighted by Crippen LogP contribution is -2.00. The minimum atomic E-state index is 0.500. The molecule has 0 atom stereocenters. The van der Waals surface area contributed by atoms with Crippen molar-refractivity contribution in [2.75, 3.05) is 0 Å². The summed E-state index contributed by atoms with van der Waals surface area (Å²) < 4.78 is 14.7. The molecule has 0 bridgehead atoms. The first-order valence-corrected chi connectivity index (χ1v) is 14.0. The molecule has 0 amide bonds. The van der Waals surface area contributed by atoms with Crippen molar-refractivity contribution < 1.29 is 8.83 Å². The van der Waals surface area contributed by atoms with Crippen LogP contribution in [0, 0.1) is 22.7 Å². The van der Waals surface area contributed by atoms with Gasteiger partial charge in [-0.3, -0.25) is 0 Å². The molecule has 0 aliphatic carbocycles. The predicted molar refractivity (Wildman–Crippen MR) is 170 cm³/mol. The summed E-state index contributed by atoms with van der Waals surface area (Å²) in [5, 5.41) is 26.0. The molecule has 0 fully saturated rings. The molecule has 6 aromatic carbocycles. The molecule has 9 rings (SSSR count). The molecule has 5 heteroatoms. The van der Waals surface area contributed by atoms with Crippen LogP contribution in [-0.2, 0) is 0 Å². The number of rotatable bonds is 2. The smallest absolute Gasteiger partial charge is 0.153 e. The lowest BCUT2D eigenvalue weighted by atomic mass is 9.97. The van der Waals surface area contributed by atoms with Gasteiger partial charge in [0.05, 0.1) is 27.8 Å². The molecular weight excluding hydrogens is 530 g/mol. The summed E-state index contributed by atoms with van der Waals surface area (Å²) in [7, 11) is 0. The molecule has 198 valence electrons. The van der Waals surface area contributed by atoms with Crippen LogP contribution in [0.4, 0.5) is 0 Å². The lowest BCUT2D eigenvalue weighted by Gasteiger charge is -2.16. The summed E-state index contributed by atoms with van der Waals surface area (Å²) >= 11 is 0. The number of fused-ring (bicyclic) bond motifs is 10. The number of furan rings is 2. The van der Waals surface area contributed by atoms with Crippen LogP contribution in [0.2, 0.25) is 0 Å². The number of nitrogens with zero attached hydrogens (tertiary/aromatic N) is 3.